The van der Waals surface area contributed by atoms with Crippen molar-refractivity contribution in [2.75, 3.05) is 37.5 Å². The van der Waals surface area contributed by atoms with E-state index in [0.717, 1.165) is 11.3 Å². The highest BCUT2D eigenvalue weighted by Gasteiger charge is 2.14. The number of amides is 2. The number of benzene rings is 3. The minimum absolute atomic E-state index is 0.0657. The van der Waals surface area contributed by atoms with Gasteiger partial charge in [-0.3, -0.25) is 9.59 Å². The molecule has 3 aromatic carbocycles. The molecular weight excluding hydrogens is 406 g/mol. The zero-order valence-electron chi connectivity index (χ0n) is 18.4. The summed E-state index contributed by atoms with van der Waals surface area (Å²) in [4.78, 5) is 26.5. The number of anilines is 2. The maximum atomic E-state index is 12.4. The highest BCUT2D eigenvalue weighted by Crippen LogP contribution is 2.31. The lowest BCUT2D eigenvalue weighted by Gasteiger charge is -2.21. The van der Waals surface area contributed by atoms with Crippen LogP contribution in [-0.2, 0) is 9.59 Å². The Labute approximate surface area is 188 Å². The fraction of sp³-hybridized carbons (Fsp3) is 0.200. The minimum atomic E-state index is -0.335. The molecule has 3 aromatic rings. The van der Waals surface area contributed by atoms with Gasteiger partial charge in [-0.2, -0.15) is 0 Å². The summed E-state index contributed by atoms with van der Waals surface area (Å²) in [7, 11) is 3.34. The second kappa shape index (κ2) is 10.9. The van der Waals surface area contributed by atoms with Crippen molar-refractivity contribution in [3.63, 3.8) is 0 Å². The van der Waals surface area contributed by atoms with Crippen LogP contribution in [0.5, 0.6) is 17.2 Å². The lowest BCUT2D eigenvalue weighted by molar-refractivity contribution is -0.123. The van der Waals surface area contributed by atoms with Gasteiger partial charge in [0, 0.05) is 7.05 Å². The van der Waals surface area contributed by atoms with E-state index in [0.29, 0.717) is 22.9 Å². The Balaban J connectivity index is 1.55. The Morgan fingerprint density at radius 2 is 1.62 bits per heavy atom. The van der Waals surface area contributed by atoms with Crippen LogP contribution < -0.4 is 25.0 Å². The largest absolute Gasteiger partial charge is 0.495 e. The molecule has 7 nitrogen and oxygen atoms in total. The molecule has 0 unspecified atom stereocenters. The molecule has 3 rings (SSSR count). The quantitative estimate of drug-likeness (QED) is 0.534. The maximum Gasteiger partial charge on any atom is 0.243 e. The molecule has 166 valence electrons. The van der Waals surface area contributed by atoms with E-state index in [4.69, 9.17) is 9.47 Å². The molecule has 2 amide bonds. The molecule has 0 aromatic heterocycles. The van der Waals surface area contributed by atoms with Crippen molar-refractivity contribution < 1.29 is 19.1 Å². The van der Waals surface area contributed by atoms with Crippen LogP contribution in [0.1, 0.15) is 5.56 Å². The van der Waals surface area contributed by atoms with Crippen molar-refractivity contribution in [3.05, 3.63) is 78.4 Å². The molecule has 0 saturated heterocycles. The molecule has 0 heterocycles. The molecule has 0 aliphatic rings. The fourth-order valence-electron chi connectivity index (χ4n) is 3.12. The number of rotatable bonds is 9. The summed E-state index contributed by atoms with van der Waals surface area (Å²) >= 11 is 0. The summed E-state index contributed by atoms with van der Waals surface area (Å²) in [6.45, 7) is 1.84. The van der Waals surface area contributed by atoms with Crippen LogP contribution in [0, 0.1) is 6.92 Å². The number of hydrogen-bond acceptors (Lipinski definition) is 5. The predicted molar refractivity (Wildman–Crippen MR) is 126 cm³/mol. The van der Waals surface area contributed by atoms with Gasteiger partial charge in [0.2, 0.25) is 11.8 Å². The van der Waals surface area contributed by atoms with Crippen LogP contribution in [0.25, 0.3) is 0 Å². The van der Waals surface area contributed by atoms with Gasteiger partial charge >= 0.3 is 0 Å². The Morgan fingerprint density at radius 3 is 2.38 bits per heavy atom. The number of likely N-dealkylation sites (N-methyl/N-ethyl adjacent to an activating group) is 1. The van der Waals surface area contributed by atoms with Crippen molar-refractivity contribution >= 4 is 23.2 Å². The topological polar surface area (TPSA) is 79.9 Å². The van der Waals surface area contributed by atoms with Gasteiger partial charge in [0.1, 0.15) is 11.5 Å². The third-order valence-electron chi connectivity index (χ3n) is 4.70. The van der Waals surface area contributed by atoms with Crippen LogP contribution in [0.4, 0.5) is 11.4 Å². The van der Waals surface area contributed by atoms with Gasteiger partial charge in [-0.1, -0.05) is 36.4 Å². The molecule has 7 heteroatoms. The van der Waals surface area contributed by atoms with E-state index in [2.05, 4.69) is 10.6 Å². The van der Waals surface area contributed by atoms with Gasteiger partial charge in [-0.25, -0.2) is 0 Å². The maximum absolute atomic E-state index is 12.4. The Morgan fingerprint density at radius 1 is 0.906 bits per heavy atom. The molecule has 0 radical (unpaired) electrons. The summed E-state index contributed by atoms with van der Waals surface area (Å²) in [5.41, 5.74) is 2.32. The van der Waals surface area contributed by atoms with Crippen molar-refractivity contribution in [3.8, 4) is 17.2 Å². The highest BCUT2D eigenvalue weighted by atomic mass is 16.5. The smallest absolute Gasteiger partial charge is 0.243 e. The van der Waals surface area contributed by atoms with Gasteiger partial charge in [0.05, 0.1) is 31.6 Å². The molecule has 0 bridgehead atoms. The van der Waals surface area contributed by atoms with Crippen molar-refractivity contribution in [2.24, 2.45) is 0 Å². The van der Waals surface area contributed by atoms with Gasteiger partial charge in [-0.15, -0.1) is 0 Å². The van der Waals surface area contributed by atoms with Crippen LogP contribution in [0.3, 0.4) is 0 Å². The molecule has 0 aliphatic carbocycles. The monoisotopic (exact) mass is 433 g/mol. The number of ether oxygens (including phenoxy) is 2. The SMILES string of the molecule is COc1ccc(C)cc1NC(=O)CNC(=O)CN(C)c1ccccc1Oc1ccccc1. The fourth-order valence-corrected chi connectivity index (χ4v) is 3.12. The highest BCUT2D eigenvalue weighted by molar-refractivity contribution is 5.96. The van der Waals surface area contributed by atoms with Crippen LogP contribution in [0.2, 0.25) is 0 Å². The molecule has 0 spiro atoms. The predicted octanol–water partition coefficient (Wildman–Crippen LogP) is 3.99. The molecule has 0 saturated carbocycles. The van der Waals surface area contributed by atoms with E-state index < -0.39 is 0 Å². The van der Waals surface area contributed by atoms with E-state index in [1.165, 1.54) is 7.11 Å². The number of carbonyl (C=O) groups is 2. The number of carbonyl (C=O) groups excluding carboxylic acids is 2. The zero-order valence-corrected chi connectivity index (χ0v) is 18.4. The van der Waals surface area contributed by atoms with Gasteiger partial charge in [0.15, 0.2) is 5.75 Å². The summed E-state index contributed by atoms with van der Waals surface area (Å²) in [6, 6.07) is 22.4. The molecule has 0 fully saturated rings. The summed E-state index contributed by atoms with van der Waals surface area (Å²) in [5.74, 6) is 1.29. The number of nitrogens with one attached hydrogen (secondary N) is 2. The second-order valence-electron chi connectivity index (χ2n) is 7.27. The standard InChI is InChI=1S/C25H27N3O4/c1-18-13-14-22(31-3)20(15-18)27-24(29)16-26-25(30)17-28(2)21-11-7-8-12-23(21)32-19-9-5-4-6-10-19/h4-15H,16-17H2,1-3H3,(H,26,30)(H,27,29). The summed E-state index contributed by atoms with van der Waals surface area (Å²) in [6.07, 6.45) is 0. The first-order valence-corrected chi connectivity index (χ1v) is 10.2. The lowest BCUT2D eigenvalue weighted by atomic mass is 10.2. The van der Waals surface area contributed by atoms with Crippen molar-refractivity contribution in [1.29, 1.82) is 0 Å². The average Bonchev–Trinajstić information content (AvgIpc) is 2.79. The van der Waals surface area contributed by atoms with E-state index in [9.17, 15) is 9.59 Å². The first kappa shape index (κ1) is 22.7. The zero-order chi connectivity index (χ0) is 22.9. The Kier molecular flexibility index (Phi) is 7.70. The molecule has 2 N–H and O–H groups in total. The van der Waals surface area contributed by atoms with E-state index in [1.54, 1.807) is 18.0 Å². The minimum Gasteiger partial charge on any atom is -0.495 e. The number of para-hydroxylation sites is 3. The molecule has 32 heavy (non-hydrogen) atoms. The van der Waals surface area contributed by atoms with Crippen LogP contribution in [-0.4, -0.2) is 39.1 Å². The third-order valence-corrected chi connectivity index (χ3v) is 4.70. The Bertz CT molecular complexity index is 1070. The number of nitrogens with zero attached hydrogens (tertiary/aromatic N) is 1. The van der Waals surface area contributed by atoms with Crippen LogP contribution >= 0.6 is 0 Å². The van der Waals surface area contributed by atoms with Crippen molar-refractivity contribution in [1.82, 2.24) is 5.32 Å². The van der Waals surface area contributed by atoms with E-state index in [1.807, 2.05) is 73.7 Å². The normalized spacial score (nSPS) is 10.2. The number of hydrogen-bond donors (Lipinski definition) is 2. The first-order chi connectivity index (χ1) is 15.5. The molecule has 0 aliphatic heterocycles. The number of aryl methyl sites for hydroxylation is 1. The van der Waals surface area contributed by atoms with Gasteiger partial charge in [-0.05, 0) is 48.9 Å². The summed E-state index contributed by atoms with van der Waals surface area (Å²) in [5, 5.41) is 5.42. The second-order valence-corrected chi connectivity index (χ2v) is 7.27. The molecule has 0 atom stereocenters. The van der Waals surface area contributed by atoms with Crippen molar-refractivity contribution in [2.45, 2.75) is 6.92 Å². The Hall–Kier alpha value is -4.00. The number of methoxy groups -OCH3 is 1. The van der Waals surface area contributed by atoms with Gasteiger partial charge in [0.25, 0.3) is 0 Å². The average molecular weight is 434 g/mol. The summed E-state index contributed by atoms with van der Waals surface area (Å²) < 4.78 is 11.2. The first-order valence-electron chi connectivity index (χ1n) is 10.2. The van der Waals surface area contributed by atoms with Crippen LogP contribution in [0.15, 0.2) is 72.8 Å². The van der Waals surface area contributed by atoms with E-state index >= 15 is 0 Å². The third kappa shape index (κ3) is 6.25. The van der Waals surface area contributed by atoms with Gasteiger partial charge < -0.3 is 25.0 Å². The molecular formula is C25H27N3O4. The van der Waals surface area contributed by atoms with E-state index in [-0.39, 0.29) is 24.9 Å². The lowest BCUT2D eigenvalue weighted by Crippen LogP contribution is -2.39.